The third-order valence-corrected chi connectivity index (χ3v) is 3.89. The minimum Gasteiger partial charge on any atom is -0.493 e. The Hall–Kier alpha value is -2.93. The van der Waals surface area contributed by atoms with Gasteiger partial charge in [-0.2, -0.15) is 0 Å². The van der Waals surface area contributed by atoms with Gasteiger partial charge in [0, 0.05) is 11.6 Å². The van der Waals surface area contributed by atoms with E-state index in [2.05, 4.69) is 5.32 Å². The molecule has 0 saturated heterocycles. The average molecular weight is 394 g/mol. The molecule has 0 aliphatic heterocycles. The van der Waals surface area contributed by atoms with E-state index in [-0.39, 0.29) is 5.56 Å². The summed E-state index contributed by atoms with van der Waals surface area (Å²) in [4.78, 5) is 24.1. The molecule has 2 aromatic rings. The summed E-state index contributed by atoms with van der Waals surface area (Å²) in [5, 5.41) is 3.28. The van der Waals surface area contributed by atoms with Gasteiger partial charge in [-0.3, -0.25) is 4.79 Å². The lowest BCUT2D eigenvalue weighted by Gasteiger charge is -2.13. The monoisotopic (exact) mass is 393 g/mol. The van der Waals surface area contributed by atoms with Gasteiger partial charge in [-0.05, 0) is 29.8 Å². The van der Waals surface area contributed by atoms with Crippen LogP contribution in [0.4, 0.5) is 0 Å². The molecule has 0 aliphatic carbocycles. The Morgan fingerprint density at radius 2 is 1.56 bits per heavy atom. The van der Waals surface area contributed by atoms with E-state index in [1.165, 1.54) is 33.5 Å². The van der Waals surface area contributed by atoms with E-state index in [1.807, 2.05) is 0 Å². The third kappa shape index (κ3) is 5.52. The van der Waals surface area contributed by atoms with Crippen molar-refractivity contribution in [3.8, 4) is 17.2 Å². The Labute approximate surface area is 162 Å². The molecule has 0 spiro atoms. The van der Waals surface area contributed by atoms with E-state index < -0.39 is 18.5 Å². The largest absolute Gasteiger partial charge is 0.493 e. The van der Waals surface area contributed by atoms with Gasteiger partial charge in [-0.25, -0.2) is 4.79 Å². The number of esters is 1. The van der Waals surface area contributed by atoms with Crippen molar-refractivity contribution in [1.82, 2.24) is 5.32 Å². The molecule has 27 heavy (non-hydrogen) atoms. The molecule has 0 aromatic heterocycles. The van der Waals surface area contributed by atoms with Crippen molar-refractivity contribution in [2.24, 2.45) is 0 Å². The Balaban J connectivity index is 1.94. The van der Waals surface area contributed by atoms with E-state index in [4.69, 9.17) is 30.5 Å². The summed E-state index contributed by atoms with van der Waals surface area (Å²) in [6, 6.07) is 9.96. The Morgan fingerprint density at radius 3 is 2.07 bits per heavy atom. The van der Waals surface area contributed by atoms with Gasteiger partial charge >= 0.3 is 5.97 Å². The smallest absolute Gasteiger partial charge is 0.338 e. The zero-order valence-corrected chi connectivity index (χ0v) is 16.0. The lowest BCUT2D eigenvalue weighted by atomic mass is 10.2. The molecular weight excluding hydrogens is 374 g/mol. The molecule has 0 radical (unpaired) electrons. The number of carbonyl (C=O) groups is 2. The lowest BCUT2D eigenvalue weighted by molar-refractivity contribution is -0.124. The van der Waals surface area contributed by atoms with Crippen molar-refractivity contribution in [3.05, 3.63) is 52.5 Å². The van der Waals surface area contributed by atoms with E-state index in [9.17, 15) is 9.59 Å². The molecule has 144 valence electrons. The lowest BCUT2D eigenvalue weighted by Crippen LogP contribution is -2.28. The fourth-order valence-electron chi connectivity index (χ4n) is 2.27. The van der Waals surface area contributed by atoms with Crippen LogP contribution in [0.25, 0.3) is 0 Å². The first-order chi connectivity index (χ1) is 13.0. The molecule has 0 unspecified atom stereocenters. The number of nitrogens with one attached hydrogen (secondary N) is 1. The van der Waals surface area contributed by atoms with E-state index in [0.29, 0.717) is 28.8 Å². The molecule has 7 nitrogen and oxygen atoms in total. The summed E-state index contributed by atoms with van der Waals surface area (Å²) in [5.41, 5.74) is 1.05. The molecule has 0 aliphatic rings. The van der Waals surface area contributed by atoms with E-state index in [1.54, 1.807) is 24.3 Å². The Morgan fingerprint density at radius 1 is 0.963 bits per heavy atom. The molecule has 0 bridgehead atoms. The van der Waals surface area contributed by atoms with Gasteiger partial charge in [-0.15, -0.1) is 0 Å². The van der Waals surface area contributed by atoms with E-state index >= 15 is 0 Å². The van der Waals surface area contributed by atoms with Gasteiger partial charge in [0.1, 0.15) is 0 Å². The maximum absolute atomic E-state index is 12.2. The Bertz CT molecular complexity index is 781. The normalized spacial score (nSPS) is 10.1. The van der Waals surface area contributed by atoms with Crippen LogP contribution < -0.4 is 19.5 Å². The average Bonchev–Trinajstić information content (AvgIpc) is 2.70. The summed E-state index contributed by atoms with van der Waals surface area (Å²) in [6.07, 6.45) is 0. The molecule has 8 heteroatoms. The highest BCUT2D eigenvalue weighted by Gasteiger charge is 2.18. The molecule has 2 aromatic carbocycles. The van der Waals surface area contributed by atoms with Crippen LogP contribution in [0.2, 0.25) is 5.02 Å². The molecule has 1 amide bonds. The van der Waals surface area contributed by atoms with Gasteiger partial charge < -0.3 is 24.3 Å². The van der Waals surface area contributed by atoms with Crippen LogP contribution in [0.3, 0.4) is 0 Å². The number of carbonyl (C=O) groups excluding carboxylic acids is 2. The summed E-state index contributed by atoms with van der Waals surface area (Å²) in [5.74, 6) is -0.120. The molecule has 1 N–H and O–H groups in total. The van der Waals surface area contributed by atoms with Gasteiger partial charge in [0.25, 0.3) is 5.91 Å². The van der Waals surface area contributed by atoms with Crippen LogP contribution in [-0.2, 0) is 16.1 Å². The molecule has 0 atom stereocenters. The summed E-state index contributed by atoms with van der Waals surface area (Å²) in [6.45, 7) is -0.110. The topological polar surface area (TPSA) is 83.1 Å². The quantitative estimate of drug-likeness (QED) is 0.694. The third-order valence-electron chi connectivity index (χ3n) is 3.64. The van der Waals surface area contributed by atoms with E-state index in [0.717, 1.165) is 5.56 Å². The van der Waals surface area contributed by atoms with Crippen LogP contribution in [0.5, 0.6) is 17.2 Å². The summed E-state index contributed by atoms with van der Waals surface area (Å²) in [7, 11) is 4.34. The number of methoxy groups -OCH3 is 3. The van der Waals surface area contributed by atoms with Crippen molar-refractivity contribution in [1.29, 1.82) is 0 Å². The zero-order valence-electron chi connectivity index (χ0n) is 15.2. The maximum Gasteiger partial charge on any atom is 0.338 e. The van der Waals surface area contributed by atoms with Crippen LogP contribution >= 0.6 is 11.6 Å². The van der Waals surface area contributed by atoms with Crippen molar-refractivity contribution >= 4 is 23.5 Å². The molecular formula is C19H20ClNO6. The first-order valence-electron chi connectivity index (χ1n) is 7.96. The fraction of sp³-hybridized carbons (Fsp3) is 0.263. The first-order valence-corrected chi connectivity index (χ1v) is 8.34. The highest BCUT2D eigenvalue weighted by atomic mass is 35.5. The number of hydrogen-bond acceptors (Lipinski definition) is 6. The summed E-state index contributed by atoms with van der Waals surface area (Å²) < 4.78 is 20.6. The summed E-state index contributed by atoms with van der Waals surface area (Å²) >= 11 is 5.81. The van der Waals surface area contributed by atoms with Gasteiger partial charge in [0.05, 0.1) is 26.9 Å². The van der Waals surface area contributed by atoms with Gasteiger partial charge in [0.15, 0.2) is 18.1 Å². The minimum atomic E-state index is -0.684. The number of halogens is 1. The predicted octanol–water partition coefficient (Wildman–Crippen LogP) is 2.84. The van der Waals surface area contributed by atoms with Crippen molar-refractivity contribution in [2.45, 2.75) is 6.54 Å². The second-order valence-electron chi connectivity index (χ2n) is 5.39. The maximum atomic E-state index is 12.2. The number of ether oxygens (including phenoxy) is 4. The van der Waals surface area contributed by atoms with Crippen LogP contribution in [-0.4, -0.2) is 39.8 Å². The molecule has 0 fully saturated rings. The van der Waals surface area contributed by atoms with Crippen molar-refractivity contribution < 1.29 is 28.5 Å². The fourth-order valence-corrected chi connectivity index (χ4v) is 2.39. The molecule has 2 rings (SSSR count). The number of rotatable bonds is 8. The Kier molecular flexibility index (Phi) is 7.31. The second-order valence-corrected chi connectivity index (χ2v) is 5.83. The number of hydrogen-bond donors (Lipinski definition) is 1. The predicted molar refractivity (Wildman–Crippen MR) is 99.7 cm³/mol. The zero-order chi connectivity index (χ0) is 19.8. The highest BCUT2D eigenvalue weighted by molar-refractivity contribution is 6.30. The number of benzene rings is 2. The van der Waals surface area contributed by atoms with Crippen LogP contribution in [0.15, 0.2) is 36.4 Å². The van der Waals surface area contributed by atoms with Crippen molar-refractivity contribution in [3.63, 3.8) is 0 Å². The number of amides is 1. The first kappa shape index (κ1) is 20.4. The highest BCUT2D eigenvalue weighted by Crippen LogP contribution is 2.38. The van der Waals surface area contributed by atoms with Crippen LogP contribution in [0.1, 0.15) is 15.9 Å². The van der Waals surface area contributed by atoms with Gasteiger partial charge in [-0.1, -0.05) is 23.7 Å². The second kappa shape index (κ2) is 9.68. The minimum absolute atomic E-state index is 0.176. The van der Waals surface area contributed by atoms with Gasteiger partial charge in [0.2, 0.25) is 5.75 Å². The SMILES string of the molecule is COc1cc(C(=O)OCC(=O)NCc2ccc(Cl)cc2)cc(OC)c1OC. The molecule has 0 heterocycles. The molecule has 0 saturated carbocycles. The van der Waals surface area contributed by atoms with Crippen molar-refractivity contribution in [2.75, 3.05) is 27.9 Å². The van der Waals surface area contributed by atoms with Crippen LogP contribution in [0, 0.1) is 0 Å². The standard InChI is InChI=1S/C19H20ClNO6/c1-24-15-8-13(9-16(25-2)18(15)26-3)19(23)27-11-17(22)21-10-12-4-6-14(20)7-5-12/h4-9H,10-11H2,1-3H3,(H,21,22).